The van der Waals surface area contributed by atoms with Gasteiger partial charge in [0.05, 0.1) is 10.6 Å². The highest BCUT2D eigenvalue weighted by Crippen LogP contribution is 2.28. The van der Waals surface area contributed by atoms with Crippen molar-refractivity contribution in [3.63, 3.8) is 0 Å². The van der Waals surface area contributed by atoms with Crippen molar-refractivity contribution in [1.82, 2.24) is 4.90 Å². The molecule has 1 fully saturated rings. The third-order valence-corrected chi connectivity index (χ3v) is 5.28. The minimum Gasteiger partial charge on any atom is -0.366 e. The van der Waals surface area contributed by atoms with Gasteiger partial charge < -0.3 is 11.1 Å². The highest BCUT2D eigenvalue weighted by atomic mass is 79.9. The molecule has 0 radical (unpaired) electrons. The number of benzene rings is 2. The molecule has 3 rings (SSSR count). The van der Waals surface area contributed by atoms with E-state index in [2.05, 4.69) is 26.1 Å². The van der Waals surface area contributed by atoms with E-state index in [0.29, 0.717) is 5.69 Å². The first-order valence-electron chi connectivity index (χ1n) is 8.35. The van der Waals surface area contributed by atoms with Crippen LogP contribution >= 0.6 is 27.5 Å². The molecule has 3 N–H and O–H groups in total. The molecule has 1 heterocycles. The van der Waals surface area contributed by atoms with Gasteiger partial charge in [-0.1, -0.05) is 39.7 Å². The fourth-order valence-electron chi connectivity index (χ4n) is 3.18. The first-order chi connectivity index (χ1) is 12.5. The number of primary amides is 1. The van der Waals surface area contributed by atoms with Crippen LogP contribution in [0.2, 0.25) is 5.02 Å². The number of amides is 2. The molecule has 5 nitrogen and oxygen atoms in total. The van der Waals surface area contributed by atoms with Crippen molar-refractivity contribution in [2.24, 2.45) is 5.73 Å². The maximum Gasteiger partial charge on any atom is 0.250 e. The summed E-state index contributed by atoms with van der Waals surface area (Å²) in [7, 11) is 0. The van der Waals surface area contributed by atoms with Crippen molar-refractivity contribution >= 4 is 45.0 Å². The molecule has 1 aliphatic heterocycles. The first kappa shape index (κ1) is 18.9. The van der Waals surface area contributed by atoms with Crippen molar-refractivity contribution in [3.05, 3.63) is 63.1 Å². The Bertz CT molecular complexity index is 820. The van der Waals surface area contributed by atoms with Crippen molar-refractivity contribution in [2.75, 3.05) is 18.4 Å². The molecule has 136 valence electrons. The monoisotopic (exact) mass is 435 g/mol. The third kappa shape index (κ3) is 4.26. The van der Waals surface area contributed by atoms with Gasteiger partial charge in [0.1, 0.15) is 6.04 Å². The smallest absolute Gasteiger partial charge is 0.250 e. The topological polar surface area (TPSA) is 75.4 Å². The van der Waals surface area contributed by atoms with Crippen LogP contribution in [-0.2, 0) is 4.79 Å². The summed E-state index contributed by atoms with van der Waals surface area (Å²) in [5.41, 5.74) is 6.97. The minimum atomic E-state index is -0.599. The van der Waals surface area contributed by atoms with Crippen LogP contribution in [0.15, 0.2) is 46.9 Å². The summed E-state index contributed by atoms with van der Waals surface area (Å²) < 4.78 is 0.968. The summed E-state index contributed by atoms with van der Waals surface area (Å²) in [5, 5.41) is 3.13. The van der Waals surface area contributed by atoms with E-state index in [0.717, 1.165) is 36.0 Å². The predicted molar refractivity (Wildman–Crippen MR) is 106 cm³/mol. The zero-order chi connectivity index (χ0) is 18.7. The second kappa shape index (κ2) is 8.20. The summed E-state index contributed by atoms with van der Waals surface area (Å²) in [6.45, 7) is 1.77. The number of hydrogen-bond donors (Lipinski definition) is 2. The first-order valence-corrected chi connectivity index (χ1v) is 9.52. The summed E-state index contributed by atoms with van der Waals surface area (Å²) in [6, 6.07) is 12.1. The van der Waals surface area contributed by atoms with E-state index in [9.17, 15) is 9.59 Å². The highest BCUT2D eigenvalue weighted by Gasteiger charge is 2.29. The van der Waals surface area contributed by atoms with Crippen molar-refractivity contribution < 1.29 is 9.59 Å². The maximum absolute atomic E-state index is 13.0. The number of carbonyl (C=O) groups excluding carboxylic acids is 2. The molecular formula is C19H19BrClN3O2. The molecule has 0 spiro atoms. The number of hydrogen-bond acceptors (Lipinski definition) is 3. The minimum absolute atomic E-state index is 0.128. The van der Waals surface area contributed by atoms with Gasteiger partial charge in [0.2, 0.25) is 11.8 Å². The zero-order valence-electron chi connectivity index (χ0n) is 14.0. The average molecular weight is 437 g/mol. The number of nitrogens with zero attached hydrogens (tertiary/aromatic N) is 1. The van der Waals surface area contributed by atoms with E-state index >= 15 is 0 Å². The van der Waals surface area contributed by atoms with Crippen LogP contribution in [0.4, 0.5) is 5.69 Å². The maximum atomic E-state index is 13.0. The number of rotatable bonds is 5. The average Bonchev–Trinajstić information content (AvgIpc) is 3.10. The standard InChI is InChI=1S/C19H19BrClN3O2/c20-13-5-3-12(4-6-13)17(24-9-1-2-10-24)19(26)23-14-7-8-15(18(22)25)16(21)11-14/h3-8,11,17H,1-2,9-10H2,(H2,22,25)(H,23,26)/t17-/m1/s1. The number of nitrogens with two attached hydrogens (primary N) is 1. The van der Waals surface area contributed by atoms with Gasteiger partial charge in [-0.05, 0) is 61.8 Å². The lowest BCUT2D eigenvalue weighted by Gasteiger charge is -2.27. The van der Waals surface area contributed by atoms with E-state index in [1.54, 1.807) is 12.1 Å². The summed E-state index contributed by atoms with van der Waals surface area (Å²) in [5.74, 6) is -0.727. The molecule has 26 heavy (non-hydrogen) atoms. The number of carbonyl (C=O) groups is 2. The number of halogens is 2. The molecule has 0 bridgehead atoms. The van der Waals surface area contributed by atoms with Gasteiger partial charge in [-0.3, -0.25) is 14.5 Å². The molecule has 1 saturated heterocycles. The Morgan fingerprint density at radius 2 is 1.77 bits per heavy atom. The molecule has 0 unspecified atom stereocenters. The molecule has 1 aliphatic rings. The predicted octanol–water partition coefficient (Wildman–Crippen LogP) is 3.98. The van der Waals surface area contributed by atoms with E-state index in [1.165, 1.54) is 6.07 Å². The molecule has 2 aromatic rings. The van der Waals surface area contributed by atoms with Crippen molar-refractivity contribution in [3.8, 4) is 0 Å². The van der Waals surface area contributed by atoms with Crippen LogP contribution in [-0.4, -0.2) is 29.8 Å². The Morgan fingerprint density at radius 1 is 1.12 bits per heavy atom. The molecular weight excluding hydrogens is 418 g/mol. The normalized spacial score (nSPS) is 15.6. The van der Waals surface area contributed by atoms with Crippen LogP contribution < -0.4 is 11.1 Å². The lowest BCUT2D eigenvalue weighted by molar-refractivity contribution is -0.121. The number of likely N-dealkylation sites (tertiary alicyclic amines) is 1. The third-order valence-electron chi connectivity index (χ3n) is 4.44. The lowest BCUT2D eigenvalue weighted by atomic mass is 10.0. The van der Waals surface area contributed by atoms with Gasteiger partial charge in [0.15, 0.2) is 0 Å². The molecule has 2 amide bonds. The Morgan fingerprint density at radius 3 is 2.35 bits per heavy atom. The molecule has 7 heteroatoms. The van der Waals surface area contributed by atoms with E-state index in [4.69, 9.17) is 17.3 Å². The van der Waals surface area contributed by atoms with Gasteiger partial charge >= 0.3 is 0 Å². The van der Waals surface area contributed by atoms with Crippen LogP contribution in [0.25, 0.3) is 0 Å². The van der Waals surface area contributed by atoms with Gasteiger partial charge in [-0.25, -0.2) is 0 Å². The van der Waals surface area contributed by atoms with Gasteiger partial charge in [-0.2, -0.15) is 0 Å². The van der Waals surface area contributed by atoms with E-state index in [1.807, 2.05) is 24.3 Å². The molecule has 0 aromatic heterocycles. The quantitative estimate of drug-likeness (QED) is 0.744. The number of anilines is 1. The Balaban J connectivity index is 1.84. The molecule has 1 atom stereocenters. The molecule has 0 aliphatic carbocycles. The largest absolute Gasteiger partial charge is 0.366 e. The second-order valence-electron chi connectivity index (χ2n) is 6.25. The lowest BCUT2D eigenvalue weighted by Crippen LogP contribution is -2.35. The van der Waals surface area contributed by atoms with E-state index < -0.39 is 5.91 Å². The van der Waals surface area contributed by atoms with Crippen LogP contribution in [0.1, 0.15) is 34.8 Å². The Kier molecular flexibility index (Phi) is 5.96. The van der Waals surface area contributed by atoms with Crippen LogP contribution in [0.3, 0.4) is 0 Å². The van der Waals surface area contributed by atoms with Gasteiger partial charge in [0.25, 0.3) is 0 Å². The fourth-order valence-corrected chi connectivity index (χ4v) is 3.71. The molecule has 0 saturated carbocycles. The Hall–Kier alpha value is -1.89. The SMILES string of the molecule is NC(=O)c1ccc(NC(=O)[C@@H](c2ccc(Br)cc2)N2CCCC2)cc1Cl. The highest BCUT2D eigenvalue weighted by molar-refractivity contribution is 9.10. The van der Waals surface area contributed by atoms with Crippen molar-refractivity contribution in [1.29, 1.82) is 0 Å². The van der Waals surface area contributed by atoms with Crippen molar-refractivity contribution in [2.45, 2.75) is 18.9 Å². The Labute approximate surface area is 165 Å². The molecule has 2 aromatic carbocycles. The fraction of sp³-hybridized carbons (Fsp3) is 0.263. The van der Waals surface area contributed by atoms with Gasteiger partial charge in [-0.15, -0.1) is 0 Å². The van der Waals surface area contributed by atoms with Crippen LogP contribution in [0, 0.1) is 0 Å². The number of nitrogens with one attached hydrogen (secondary N) is 1. The van der Waals surface area contributed by atoms with Crippen LogP contribution in [0.5, 0.6) is 0 Å². The zero-order valence-corrected chi connectivity index (χ0v) is 16.4. The second-order valence-corrected chi connectivity index (χ2v) is 7.57. The summed E-state index contributed by atoms with van der Waals surface area (Å²) in [4.78, 5) is 26.5. The van der Waals surface area contributed by atoms with E-state index in [-0.39, 0.29) is 22.5 Å². The summed E-state index contributed by atoms with van der Waals surface area (Å²) >= 11 is 9.51. The summed E-state index contributed by atoms with van der Waals surface area (Å²) in [6.07, 6.45) is 2.17. The van der Waals surface area contributed by atoms with Gasteiger partial charge in [0, 0.05) is 10.2 Å².